The SMILES string of the molecule is CN(Cc1nc2ccccc2c(=O)[nH]1)CC(O)c1ccc(F)cc1. The van der Waals surface area contributed by atoms with Crippen LogP contribution in [0.3, 0.4) is 0 Å². The van der Waals surface area contributed by atoms with Gasteiger partial charge in [0.15, 0.2) is 0 Å². The predicted molar refractivity (Wildman–Crippen MR) is 90.1 cm³/mol. The van der Waals surface area contributed by atoms with Crippen LogP contribution in [0.5, 0.6) is 0 Å². The third kappa shape index (κ3) is 3.67. The lowest BCUT2D eigenvalue weighted by Crippen LogP contribution is -2.26. The average molecular weight is 327 g/mol. The van der Waals surface area contributed by atoms with Gasteiger partial charge in [-0.1, -0.05) is 24.3 Å². The molecule has 0 saturated heterocycles. The summed E-state index contributed by atoms with van der Waals surface area (Å²) in [6.07, 6.45) is -0.747. The van der Waals surface area contributed by atoms with Crippen molar-refractivity contribution in [1.29, 1.82) is 0 Å². The Morgan fingerprint density at radius 3 is 2.67 bits per heavy atom. The molecule has 1 aromatic heterocycles. The van der Waals surface area contributed by atoms with Crippen LogP contribution in [-0.2, 0) is 6.54 Å². The molecule has 6 heteroatoms. The number of rotatable bonds is 5. The third-order valence-corrected chi connectivity index (χ3v) is 3.82. The van der Waals surface area contributed by atoms with E-state index in [1.807, 2.05) is 18.0 Å². The topological polar surface area (TPSA) is 69.2 Å². The van der Waals surface area contributed by atoms with E-state index in [1.54, 1.807) is 30.3 Å². The molecule has 0 aliphatic carbocycles. The lowest BCUT2D eigenvalue weighted by atomic mass is 10.1. The summed E-state index contributed by atoms with van der Waals surface area (Å²) in [5, 5.41) is 10.8. The number of nitrogens with zero attached hydrogens (tertiary/aromatic N) is 2. The van der Waals surface area contributed by atoms with Crippen LogP contribution < -0.4 is 5.56 Å². The molecule has 1 unspecified atom stereocenters. The van der Waals surface area contributed by atoms with Gasteiger partial charge in [0.05, 0.1) is 23.6 Å². The van der Waals surface area contributed by atoms with Crippen LogP contribution >= 0.6 is 0 Å². The number of aromatic amines is 1. The second kappa shape index (κ2) is 6.90. The zero-order valence-corrected chi connectivity index (χ0v) is 13.2. The first-order valence-electron chi connectivity index (χ1n) is 7.63. The van der Waals surface area contributed by atoms with Gasteiger partial charge in [-0.3, -0.25) is 9.69 Å². The quantitative estimate of drug-likeness (QED) is 0.754. The molecule has 1 atom stereocenters. The summed E-state index contributed by atoms with van der Waals surface area (Å²) in [7, 11) is 1.82. The van der Waals surface area contributed by atoms with E-state index in [1.165, 1.54) is 12.1 Å². The molecule has 0 saturated carbocycles. The summed E-state index contributed by atoms with van der Waals surface area (Å²) in [5.41, 5.74) is 1.11. The van der Waals surface area contributed by atoms with E-state index in [0.717, 1.165) is 0 Å². The molecule has 2 aromatic carbocycles. The van der Waals surface area contributed by atoms with Crippen molar-refractivity contribution >= 4 is 10.9 Å². The highest BCUT2D eigenvalue weighted by Crippen LogP contribution is 2.15. The number of H-pyrrole nitrogens is 1. The smallest absolute Gasteiger partial charge is 0.258 e. The van der Waals surface area contributed by atoms with Crippen LogP contribution in [-0.4, -0.2) is 33.6 Å². The van der Waals surface area contributed by atoms with Crippen LogP contribution in [0.2, 0.25) is 0 Å². The maximum atomic E-state index is 12.9. The van der Waals surface area contributed by atoms with E-state index in [9.17, 15) is 14.3 Å². The van der Waals surface area contributed by atoms with Gasteiger partial charge in [-0.2, -0.15) is 0 Å². The second-order valence-corrected chi connectivity index (χ2v) is 5.79. The molecule has 0 fully saturated rings. The first kappa shape index (κ1) is 16.3. The van der Waals surface area contributed by atoms with Crippen LogP contribution in [0.25, 0.3) is 10.9 Å². The van der Waals surface area contributed by atoms with E-state index >= 15 is 0 Å². The Hall–Kier alpha value is -2.57. The molecule has 0 bridgehead atoms. The molecule has 1 heterocycles. The molecule has 24 heavy (non-hydrogen) atoms. The van der Waals surface area contributed by atoms with Gasteiger partial charge < -0.3 is 10.1 Å². The van der Waals surface area contributed by atoms with Crippen molar-refractivity contribution in [3.05, 3.63) is 76.1 Å². The molecular formula is C18H18FN3O2. The zero-order valence-electron chi connectivity index (χ0n) is 13.2. The molecule has 5 nitrogen and oxygen atoms in total. The van der Waals surface area contributed by atoms with E-state index in [-0.39, 0.29) is 11.4 Å². The van der Waals surface area contributed by atoms with Gasteiger partial charge in [-0.25, -0.2) is 9.37 Å². The van der Waals surface area contributed by atoms with Gasteiger partial charge in [-0.15, -0.1) is 0 Å². The molecule has 124 valence electrons. The van der Waals surface area contributed by atoms with Gasteiger partial charge in [0.1, 0.15) is 11.6 Å². The van der Waals surface area contributed by atoms with Crippen molar-refractivity contribution in [3.8, 4) is 0 Å². The number of aliphatic hydroxyl groups is 1. The van der Waals surface area contributed by atoms with Crippen molar-refractivity contribution in [3.63, 3.8) is 0 Å². The molecule has 2 N–H and O–H groups in total. The Bertz CT molecular complexity index is 893. The van der Waals surface area contributed by atoms with Crippen LogP contribution in [0, 0.1) is 5.82 Å². The lowest BCUT2D eigenvalue weighted by Gasteiger charge is -2.20. The predicted octanol–water partition coefficient (Wildman–Crippen LogP) is 2.23. The van der Waals surface area contributed by atoms with Gasteiger partial charge in [0.2, 0.25) is 0 Å². The van der Waals surface area contributed by atoms with E-state index < -0.39 is 6.10 Å². The Balaban J connectivity index is 1.71. The monoisotopic (exact) mass is 327 g/mol. The summed E-state index contributed by atoms with van der Waals surface area (Å²) in [6, 6.07) is 12.9. The zero-order chi connectivity index (χ0) is 17.1. The normalized spacial score (nSPS) is 12.7. The average Bonchev–Trinajstić information content (AvgIpc) is 2.55. The molecule has 0 amide bonds. The van der Waals surface area contributed by atoms with Gasteiger partial charge in [0, 0.05) is 6.54 Å². The van der Waals surface area contributed by atoms with Crippen molar-refractivity contribution in [2.75, 3.05) is 13.6 Å². The molecule has 0 aliphatic rings. The highest BCUT2D eigenvalue weighted by molar-refractivity contribution is 5.77. The minimum atomic E-state index is -0.747. The fourth-order valence-electron chi connectivity index (χ4n) is 2.62. The number of aromatic nitrogens is 2. The minimum absolute atomic E-state index is 0.178. The summed E-state index contributed by atoms with van der Waals surface area (Å²) < 4.78 is 12.9. The van der Waals surface area contributed by atoms with Crippen LogP contribution in [0.4, 0.5) is 4.39 Å². The fraction of sp³-hybridized carbons (Fsp3) is 0.222. The molecule has 3 rings (SSSR count). The maximum Gasteiger partial charge on any atom is 0.258 e. The Labute approximate surface area is 138 Å². The van der Waals surface area contributed by atoms with E-state index in [2.05, 4.69) is 9.97 Å². The van der Waals surface area contributed by atoms with Crippen molar-refractivity contribution < 1.29 is 9.50 Å². The Morgan fingerprint density at radius 1 is 1.21 bits per heavy atom. The Morgan fingerprint density at radius 2 is 1.92 bits per heavy atom. The van der Waals surface area contributed by atoms with E-state index in [4.69, 9.17) is 0 Å². The largest absolute Gasteiger partial charge is 0.387 e. The van der Waals surface area contributed by atoms with E-state index in [0.29, 0.717) is 35.4 Å². The third-order valence-electron chi connectivity index (χ3n) is 3.82. The number of hydrogen-bond acceptors (Lipinski definition) is 4. The first-order valence-corrected chi connectivity index (χ1v) is 7.63. The first-order chi connectivity index (χ1) is 11.5. The summed E-state index contributed by atoms with van der Waals surface area (Å²) >= 11 is 0. The van der Waals surface area contributed by atoms with Crippen LogP contribution in [0.1, 0.15) is 17.5 Å². The van der Waals surface area contributed by atoms with Gasteiger partial charge in [0.25, 0.3) is 5.56 Å². The number of benzene rings is 2. The second-order valence-electron chi connectivity index (χ2n) is 5.79. The highest BCUT2D eigenvalue weighted by atomic mass is 19.1. The summed E-state index contributed by atoms with van der Waals surface area (Å²) in [6.45, 7) is 0.723. The minimum Gasteiger partial charge on any atom is -0.387 e. The number of aliphatic hydroxyl groups excluding tert-OH is 1. The van der Waals surface area contributed by atoms with Crippen molar-refractivity contribution in [2.24, 2.45) is 0 Å². The van der Waals surface area contributed by atoms with Crippen molar-refractivity contribution in [1.82, 2.24) is 14.9 Å². The van der Waals surface area contributed by atoms with Gasteiger partial charge in [-0.05, 0) is 36.9 Å². The highest BCUT2D eigenvalue weighted by Gasteiger charge is 2.12. The Kier molecular flexibility index (Phi) is 4.69. The van der Waals surface area contributed by atoms with Crippen molar-refractivity contribution in [2.45, 2.75) is 12.6 Å². The number of hydrogen-bond donors (Lipinski definition) is 2. The summed E-state index contributed by atoms with van der Waals surface area (Å²) in [4.78, 5) is 21.1. The lowest BCUT2D eigenvalue weighted by molar-refractivity contribution is 0.122. The number of likely N-dealkylation sites (N-methyl/N-ethyl adjacent to an activating group) is 1. The number of para-hydroxylation sites is 1. The number of halogens is 1. The fourth-order valence-corrected chi connectivity index (χ4v) is 2.62. The van der Waals surface area contributed by atoms with Gasteiger partial charge >= 0.3 is 0 Å². The molecular weight excluding hydrogens is 309 g/mol. The molecule has 0 aliphatic heterocycles. The number of nitrogens with one attached hydrogen (secondary N) is 1. The molecule has 0 radical (unpaired) electrons. The molecule has 0 spiro atoms. The number of fused-ring (bicyclic) bond motifs is 1. The summed E-state index contributed by atoms with van der Waals surface area (Å²) in [5.74, 6) is 0.199. The van der Waals surface area contributed by atoms with Crippen LogP contribution in [0.15, 0.2) is 53.3 Å². The molecule has 3 aromatic rings. The standard InChI is InChI=1S/C18H18FN3O2/c1-22(10-16(23)12-6-8-13(19)9-7-12)11-17-20-15-5-3-2-4-14(15)18(24)21-17/h2-9,16,23H,10-11H2,1H3,(H,20,21,24). The maximum absolute atomic E-state index is 12.9.